The fourth-order valence-corrected chi connectivity index (χ4v) is 3.97. The molecule has 33 heavy (non-hydrogen) atoms. The minimum atomic E-state index is -0.957. The molecule has 3 heteroatoms. The molecule has 0 radical (unpaired) electrons. The second-order valence-electron chi connectivity index (χ2n) is 8.56. The summed E-state index contributed by atoms with van der Waals surface area (Å²) >= 11 is 0. The first-order chi connectivity index (χ1) is 16.2. The molecule has 0 spiro atoms. The average molecular weight is 447 g/mol. The number of aliphatic hydroxyl groups excluding tert-OH is 1. The highest BCUT2D eigenvalue weighted by atomic mass is 16.6. The minimum absolute atomic E-state index is 0.134. The lowest BCUT2D eigenvalue weighted by atomic mass is 10.0. The monoisotopic (exact) mass is 446 g/mol. The van der Waals surface area contributed by atoms with Crippen LogP contribution in [-0.2, 0) is 4.74 Å². The summed E-state index contributed by atoms with van der Waals surface area (Å²) < 4.78 is 11.8. The average Bonchev–Trinajstić information content (AvgIpc) is 2.87. The Morgan fingerprint density at radius 2 is 1.27 bits per heavy atom. The molecule has 0 amide bonds. The van der Waals surface area contributed by atoms with Gasteiger partial charge in [0.25, 0.3) is 0 Å². The maximum absolute atomic E-state index is 10.6. The van der Waals surface area contributed by atoms with Crippen LogP contribution in [0.1, 0.15) is 82.3 Å². The lowest BCUT2D eigenvalue weighted by Gasteiger charge is -2.21. The lowest BCUT2D eigenvalue weighted by Crippen LogP contribution is -2.09. The molecule has 3 aromatic rings. The second kappa shape index (κ2) is 13.8. The van der Waals surface area contributed by atoms with Crippen molar-refractivity contribution >= 4 is 0 Å². The molecule has 2 atom stereocenters. The molecule has 0 bridgehead atoms. The predicted molar refractivity (Wildman–Crippen MR) is 136 cm³/mol. The van der Waals surface area contributed by atoms with Gasteiger partial charge >= 0.3 is 0 Å². The molecule has 0 aromatic heterocycles. The second-order valence-corrected chi connectivity index (χ2v) is 8.56. The third kappa shape index (κ3) is 8.03. The van der Waals surface area contributed by atoms with Crippen LogP contribution < -0.4 is 4.74 Å². The fourth-order valence-electron chi connectivity index (χ4n) is 3.97. The number of ether oxygens (including phenoxy) is 2. The van der Waals surface area contributed by atoms with E-state index in [9.17, 15) is 5.11 Å². The maximum Gasteiger partial charge on any atom is 0.181 e. The summed E-state index contributed by atoms with van der Waals surface area (Å²) in [6.45, 7) is 5.09. The number of rotatable bonds is 14. The van der Waals surface area contributed by atoms with Gasteiger partial charge in [0, 0.05) is 5.56 Å². The van der Waals surface area contributed by atoms with Crippen molar-refractivity contribution in [2.24, 2.45) is 0 Å². The van der Waals surface area contributed by atoms with Crippen molar-refractivity contribution in [2.45, 2.75) is 71.2 Å². The Balaban J connectivity index is 1.50. The lowest BCUT2D eigenvalue weighted by molar-refractivity contribution is -0.142. The van der Waals surface area contributed by atoms with Gasteiger partial charge in [-0.05, 0) is 41.7 Å². The van der Waals surface area contributed by atoms with Gasteiger partial charge in [0.05, 0.1) is 12.7 Å². The Morgan fingerprint density at radius 1 is 0.667 bits per heavy atom. The van der Waals surface area contributed by atoms with Gasteiger partial charge in [-0.2, -0.15) is 0 Å². The normalized spacial score (nSPS) is 12.9. The van der Waals surface area contributed by atoms with Crippen LogP contribution in [0.5, 0.6) is 5.75 Å². The molecule has 0 aliphatic carbocycles. The van der Waals surface area contributed by atoms with Gasteiger partial charge in [0.2, 0.25) is 0 Å². The molecule has 1 N–H and O–H groups in total. The third-order valence-electron chi connectivity index (χ3n) is 5.99. The summed E-state index contributed by atoms with van der Waals surface area (Å²) in [6.07, 6.45) is 7.32. The fraction of sp³-hybridized carbons (Fsp3) is 0.400. The van der Waals surface area contributed by atoms with Gasteiger partial charge in [0.15, 0.2) is 6.29 Å². The molecule has 0 heterocycles. The summed E-state index contributed by atoms with van der Waals surface area (Å²) in [6, 6.07) is 26.2. The highest BCUT2D eigenvalue weighted by Gasteiger charge is 2.16. The van der Waals surface area contributed by atoms with Crippen molar-refractivity contribution in [3.05, 3.63) is 90.0 Å². The number of benzene rings is 3. The van der Waals surface area contributed by atoms with Crippen molar-refractivity contribution in [3.63, 3.8) is 0 Å². The summed E-state index contributed by atoms with van der Waals surface area (Å²) in [5.41, 5.74) is 4.06. The van der Waals surface area contributed by atoms with Crippen LogP contribution in [0.2, 0.25) is 0 Å². The Hall–Kier alpha value is -2.62. The van der Waals surface area contributed by atoms with E-state index in [1.54, 1.807) is 0 Å². The molecular weight excluding hydrogens is 408 g/mol. The van der Waals surface area contributed by atoms with E-state index < -0.39 is 6.29 Å². The number of unbranched alkanes of at least 4 members (excludes halogenated alkanes) is 5. The van der Waals surface area contributed by atoms with Crippen LogP contribution in [0.15, 0.2) is 78.9 Å². The third-order valence-corrected chi connectivity index (χ3v) is 5.99. The molecule has 0 saturated heterocycles. The van der Waals surface area contributed by atoms with Crippen LogP contribution in [0.25, 0.3) is 11.1 Å². The van der Waals surface area contributed by atoms with Crippen LogP contribution in [0.4, 0.5) is 0 Å². The van der Waals surface area contributed by atoms with Crippen LogP contribution in [-0.4, -0.2) is 11.7 Å². The van der Waals surface area contributed by atoms with E-state index in [2.05, 4.69) is 26.0 Å². The summed E-state index contributed by atoms with van der Waals surface area (Å²) in [5, 5.41) is 10.6. The van der Waals surface area contributed by atoms with Gasteiger partial charge in [0.1, 0.15) is 5.75 Å². The van der Waals surface area contributed by atoms with E-state index in [1.807, 2.05) is 66.7 Å². The number of hydrogen-bond acceptors (Lipinski definition) is 3. The standard InChI is InChI=1S/C30H38O3/c1-3-5-6-7-8-12-23-32-28-21-19-25(20-22-28)24-15-17-27(18-16-24)30(31)33-29(4-2)26-13-10-9-11-14-26/h9-11,13-22,29-31H,3-8,12,23H2,1-2H3. The molecular formula is C30H38O3. The van der Waals surface area contributed by atoms with E-state index in [1.165, 1.54) is 32.1 Å². The van der Waals surface area contributed by atoms with E-state index in [0.717, 1.165) is 47.5 Å². The van der Waals surface area contributed by atoms with Crippen molar-refractivity contribution in [1.82, 2.24) is 0 Å². The molecule has 2 unspecified atom stereocenters. The van der Waals surface area contributed by atoms with Crippen molar-refractivity contribution < 1.29 is 14.6 Å². The van der Waals surface area contributed by atoms with Crippen LogP contribution >= 0.6 is 0 Å². The van der Waals surface area contributed by atoms with Crippen molar-refractivity contribution in [3.8, 4) is 16.9 Å². The summed E-state index contributed by atoms with van der Waals surface area (Å²) in [4.78, 5) is 0. The largest absolute Gasteiger partial charge is 0.494 e. The summed E-state index contributed by atoms with van der Waals surface area (Å²) in [5.74, 6) is 0.916. The van der Waals surface area contributed by atoms with Crippen LogP contribution in [0.3, 0.4) is 0 Å². The van der Waals surface area contributed by atoms with Crippen molar-refractivity contribution in [2.75, 3.05) is 6.61 Å². The zero-order valence-corrected chi connectivity index (χ0v) is 20.1. The topological polar surface area (TPSA) is 38.7 Å². The molecule has 0 aliphatic heterocycles. The van der Waals surface area contributed by atoms with Crippen molar-refractivity contribution in [1.29, 1.82) is 0 Å². The van der Waals surface area contributed by atoms with Gasteiger partial charge in [-0.25, -0.2) is 0 Å². The summed E-state index contributed by atoms with van der Waals surface area (Å²) in [7, 11) is 0. The van der Waals surface area contributed by atoms with Crippen LogP contribution in [0, 0.1) is 0 Å². The highest BCUT2D eigenvalue weighted by molar-refractivity contribution is 5.64. The molecule has 3 aromatic carbocycles. The first kappa shape index (κ1) is 25.0. The minimum Gasteiger partial charge on any atom is -0.494 e. The zero-order chi connectivity index (χ0) is 23.3. The quantitative estimate of drug-likeness (QED) is 0.200. The zero-order valence-electron chi connectivity index (χ0n) is 20.1. The molecule has 176 valence electrons. The van der Waals surface area contributed by atoms with E-state index in [4.69, 9.17) is 9.47 Å². The SMILES string of the molecule is CCCCCCCCOc1ccc(-c2ccc(C(O)OC(CC)c3ccccc3)cc2)cc1. The predicted octanol–water partition coefficient (Wildman–Crippen LogP) is 8.25. The maximum atomic E-state index is 10.6. The molecule has 3 nitrogen and oxygen atoms in total. The molecule has 0 aliphatic rings. The highest BCUT2D eigenvalue weighted by Crippen LogP contribution is 2.29. The van der Waals surface area contributed by atoms with E-state index >= 15 is 0 Å². The molecule has 0 saturated carbocycles. The number of hydrogen-bond donors (Lipinski definition) is 1. The van der Waals surface area contributed by atoms with E-state index in [-0.39, 0.29) is 6.10 Å². The number of aliphatic hydroxyl groups is 1. The Bertz CT molecular complexity index is 904. The van der Waals surface area contributed by atoms with E-state index in [0.29, 0.717) is 0 Å². The first-order valence-electron chi connectivity index (χ1n) is 12.4. The van der Waals surface area contributed by atoms with Gasteiger partial charge in [-0.15, -0.1) is 0 Å². The Kier molecular flexibility index (Phi) is 10.5. The van der Waals surface area contributed by atoms with Gasteiger partial charge < -0.3 is 14.6 Å². The molecule has 0 fully saturated rings. The van der Waals surface area contributed by atoms with Gasteiger partial charge in [-0.1, -0.05) is 113 Å². The first-order valence-corrected chi connectivity index (χ1v) is 12.4. The smallest absolute Gasteiger partial charge is 0.181 e. The van der Waals surface area contributed by atoms with Gasteiger partial charge in [-0.3, -0.25) is 0 Å². The Labute approximate surface area is 199 Å². The molecule has 3 rings (SSSR count). The Morgan fingerprint density at radius 3 is 1.91 bits per heavy atom.